The van der Waals surface area contributed by atoms with Crippen LogP contribution in [0.5, 0.6) is 0 Å². The van der Waals surface area contributed by atoms with Gasteiger partial charge in [-0.1, -0.05) is 0 Å². The summed E-state index contributed by atoms with van der Waals surface area (Å²) >= 11 is 0. The van der Waals surface area contributed by atoms with Crippen LogP contribution in [-0.2, 0) is 14.2 Å². The summed E-state index contributed by atoms with van der Waals surface area (Å²) in [7, 11) is 3.91. The summed E-state index contributed by atoms with van der Waals surface area (Å²) in [6, 6.07) is 2.99. The molecule has 2 rings (SSSR count). The molecular formula is C14H14F2N2O4. The average molecular weight is 312 g/mol. The Labute approximate surface area is 125 Å². The lowest BCUT2D eigenvalue weighted by Gasteiger charge is -2.17. The molecule has 22 heavy (non-hydrogen) atoms. The van der Waals surface area contributed by atoms with Crippen LogP contribution < -0.4 is 0 Å². The van der Waals surface area contributed by atoms with Crippen molar-refractivity contribution in [3.63, 3.8) is 0 Å². The Morgan fingerprint density at radius 2 is 1.91 bits per heavy atom. The average Bonchev–Trinajstić information content (AvgIpc) is 2.92. The minimum atomic E-state index is -0.985. The molecule has 0 fully saturated rings. The van der Waals surface area contributed by atoms with E-state index in [4.69, 9.17) is 9.47 Å². The third-order valence-electron chi connectivity index (χ3n) is 3.00. The first-order valence-corrected chi connectivity index (χ1v) is 6.20. The maximum Gasteiger partial charge on any atom is 0.341 e. The number of carbonyl (C=O) groups excluding carboxylic acids is 1. The number of rotatable bonds is 5. The molecule has 0 aliphatic rings. The van der Waals surface area contributed by atoms with Crippen LogP contribution in [-0.4, -0.2) is 37.1 Å². The van der Waals surface area contributed by atoms with Crippen molar-refractivity contribution in [1.82, 2.24) is 9.78 Å². The molecule has 118 valence electrons. The largest absolute Gasteiger partial charge is 0.465 e. The van der Waals surface area contributed by atoms with Gasteiger partial charge in [0.15, 0.2) is 5.82 Å². The molecular weight excluding hydrogens is 298 g/mol. The van der Waals surface area contributed by atoms with E-state index < -0.39 is 23.9 Å². The van der Waals surface area contributed by atoms with Crippen molar-refractivity contribution in [2.24, 2.45) is 0 Å². The van der Waals surface area contributed by atoms with Crippen LogP contribution in [0.3, 0.4) is 0 Å². The SMILES string of the molecule is COC(=O)c1cnn(-c2ccc(F)cc2F)c1C(OC)OC. The monoisotopic (exact) mass is 312 g/mol. The van der Waals surface area contributed by atoms with Crippen LogP contribution in [0.1, 0.15) is 22.3 Å². The standard InChI is InChI=1S/C14H14F2N2O4/c1-20-13(19)9-7-17-18(12(9)14(21-2)22-3)11-5-4-8(15)6-10(11)16/h4-7,14H,1-3H3. The van der Waals surface area contributed by atoms with Crippen molar-refractivity contribution < 1.29 is 27.8 Å². The first-order valence-electron chi connectivity index (χ1n) is 6.20. The summed E-state index contributed by atoms with van der Waals surface area (Å²) < 4.78 is 43.0. The molecule has 0 bridgehead atoms. The topological polar surface area (TPSA) is 62.6 Å². The van der Waals surface area contributed by atoms with E-state index in [0.717, 1.165) is 10.7 Å². The van der Waals surface area contributed by atoms with Crippen LogP contribution in [0, 0.1) is 11.6 Å². The van der Waals surface area contributed by atoms with Crippen LogP contribution in [0.25, 0.3) is 5.69 Å². The maximum absolute atomic E-state index is 14.0. The third kappa shape index (κ3) is 2.83. The highest BCUT2D eigenvalue weighted by Gasteiger charge is 2.27. The summed E-state index contributed by atoms with van der Waals surface area (Å²) in [5.74, 6) is -2.24. The minimum absolute atomic E-state index is 0.0503. The molecule has 0 saturated carbocycles. The fourth-order valence-electron chi connectivity index (χ4n) is 2.02. The van der Waals surface area contributed by atoms with Crippen LogP contribution in [0.2, 0.25) is 0 Å². The Kier molecular flexibility index (Phi) is 4.84. The van der Waals surface area contributed by atoms with Gasteiger partial charge in [-0.25, -0.2) is 18.3 Å². The van der Waals surface area contributed by atoms with Crippen molar-refractivity contribution in [1.29, 1.82) is 0 Å². The Morgan fingerprint density at radius 1 is 1.23 bits per heavy atom. The zero-order valence-corrected chi connectivity index (χ0v) is 12.2. The molecule has 0 aliphatic heterocycles. The van der Waals surface area contributed by atoms with Gasteiger partial charge in [-0.05, 0) is 12.1 Å². The molecule has 0 amide bonds. The molecule has 1 heterocycles. The first kappa shape index (κ1) is 16.1. The number of hydrogen-bond donors (Lipinski definition) is 0. The fraction of sp³-hybridized carbons (Fsp3) is 0.286. The molecule has 0 atom stereocenters. The summed E-state index contributed by atoms with van der Waals surface area (Å²) in [4.78, 5) is 11.8. The number of methoxy groups -OCH3 is 3. The molecule has 8 heteroatoms. The van der Waals surface area contributed by atoms with Gasteiger partial charge < -0.3 is 14.2 Å². The van der Waals surface area contributed by atoms with Crippen molar-refractivity contribution in [2.45, 2.75) is 6.29 Å². The van der Waals surface area contributed by atoms with E-state index in [1.54, 1.807) is 0 Å². The lowest BCUT2D eigenvalue weighted by Crippen LogP contribution is -2.16. The maximum atomic E-state index is 14.0. The van der Waals surface area contributed by atoms with Crippen molar-refractivity contribution >= 4 is 5.97 Å². The molecule has 0 N–H and O–H groups in total. The smallest absolute Gasteiger partial charge is 0.341 e. The summed E-state index contributed by atoms with van der Waals surface area (Å²) in [5.41, 5.74) is 0.146. The van der Waals surface area contributed by atoms with E-state index in [1.165, 1.54) is 33.6 Å². The lowest BCUT2D eigenvalue weighted by atomic mass is 10.2. The van der Waals surface area contributed by atoms with Crippen molar-refractivity contribution in [3.8, 4) is 5.69 Å². The second-order valence-corrected chi connectivity index (χ2v) is 4.25. The number of ether oxygens (including phenoxy) is 3. The number of hydrogen-bond acceptors (Lipinski definition) is 5. The Morgan fingerprint density at radius 3 is 2.45 bits per heavy atom. The predicted octanol–water partition coefficient (Wildman–Crippen LogP) is 2.23. The zero-order valence-electron chi connectivity index (χ0n) is 12.2. The third-order valence-corrected chi connectivity index (χ3v) is 3.00. The van der Waals surface area contributed by atoms with Gasteiger partial charge in [-0.3, -0.25) is 0 Å². The van der Waals surface area contributed by atoms with Gasteiger partial charge >= 0.3 is 5.97 Å². The van der Waals surface area contributed by atoms with Crippen LogP contribution in [0.4, 0.5) is 8.78 Å². The zero-order chi connectivity index (χ0) is 16.3. The van der Waals surface area contributed by atoms with Gasteiger partial charge in [-0.2, -0.15) is 5.10 Å². The van der Waals surface area contributed by atoms with Gasteiger partial charge in [-0.15, -0.1) is 0 Å². The Balaban J connectivity index is 2.65. The summed E-state index contributed by atoms with van der Waals surface area (Å²) in [6.07, 6.45) is 0.218. The van der Waals surface area contributed by atoms with Gasteiger partial charge in [0.25, 0.3) is 0 Å². The number of aromatic nitrogens is 2. The van der Waals surface area contributed by atoms with E-state index in [2.05, 4.69) is 9.84 Å². The summed E-state index contributed by atoms with van der Waals surface area (Å²) in [6.45, 7) is 0. The molecule has 0 radical (unpaired) electrons. The quantitative estimate of drug-likeness (QED) is 0.626. The number of halogens is 2. The highest BCUT2D eigenvalue weighted by molar-refractivity contribution is 5.90. The molecule has 0 aliphatic carbocycles. The second kappa shape index (κ2) is 6.63. The van der Waals surface area contributed by atoms with E-state index >= 15 is 0 Å². The molecule has 0 spiro atoms. The van der Waals surface area contributed by atoms with Gasteiger partial charge in [0.2, 0.25) is 6.29 Å². The highest BCUT2D eigenvalue weighted by atomic mass is 19.1. The Bertz CT molecular complexity index is 683. The van der Waals surface area contributed by atoms with E-state index in [1.807, 2.05) is 0 Å². The molecule has 2 aromatic rings. The lowest BCUT2D eigenvalue weighted by molar-refractivity contribution is -0.110. The first-order chi connectivity index (χ1) is 10.5. The predicted molar refractivity (Wildman–Crippen MR) is 71.6 cm³/mol. The Hall–Kier alpha value is -2.32. The van der Waals surface area contributed by atoms with E-state index in [0.29, 0.717) is 6.07 Å². The van der Waals surface area contributed by atoms with Crippen molar-refractivity contribution in [2.75, 3.05) is 21.3 Å². The van der Waals surface area contributed by atoms with Crippen molar-refractivity contribution in [3.05, 3.63) is 47.3 Å². The fourth-order valence-corrected chi connectivity index (χ4v) is 2.02. The number of carbonyl (C=O) groups is 1. The summed E-state index contributed by atoms with van der Waals surface area (Å²) in [5, 5.41) is 3.96. The molecule has 0 unspecified atom stereocenters. The van der Waals surface area contributed by atoms with E-state index in [-0.39, 0.29) is 16.9 Å². The number of nitrogens with zero attached hydrogens (tertiary/aromatic N) is 2. The van der Waals surface area contributed by atoms with Gasteiger partial charge in [0, 0.05) is 20.3 Å². The minimum Gasteiger partial charge on any atom is -0.465 e. The molecule has 1 aromatic carbocycles. The van der Waals surface area contributed by atoms with Crippen LogP contribution >= 0.6 is 0 Å². The normalized spacial score (nSPS) is 11.0. The van der Waals surface area contributed by atoms with Gasteiger partial charge in [0.05, 0.1) is 13.3 Å². The van der Waals surface area contributed by atoms with E-state index in [9.17, 15) is 13.6 Å². The molecule has 6 nitrogen and oxygen atoms in total. The molecule has 0 saturated heterocycles. The second-order valence-electron chi connectivity index (χ2n) is 4.25. The van der Waals surface area contributed by atoms with Gasteiger partial charge in [0.1, 0.15) is 22.8 Å². The molecule has 1 aromatic heterocycles. The van der Waals surface area contributed by atoms with Crippen LogP contribution in [0.15, 0.2) is 24.4 Å². The number of esters is 1. The highest BCUT2D eigenvalue weighted by Crippen LogP contribution is 2.26. The number of benzene rings is 1.